The molecule has 2 nitrogen and oxygen atoms in total. The summed E-state index contributed by atoms with van der Waals surface area (Å²) in [6.45, 7) is 0. The van der Waals surface area contributed by atoms with Gasteiger partial charge in [0.15, 0.2) is 0 Å². The zero-order chi connectivity index (χ0) is 10.9. The Labute approximate surface area is 87.4 Å². The van der Waals surface area contributed by atoms with E-state index in [1.165, 1.54) is 6.07 Å². The Morgan fingerprint density at radius 3 is 2.36 bits per heavy atom. The van der Waals surface area contributed by atoms with Crippen molar-refractivity contribution in [1.82, 2.24) is 0 Å². The van der Waals surface area contributed by atoms with Gasteiger partial charge in [0.25, 0.3) is 0 Å². The molecule has 14 heavy (non-hydrogen) atoms. The standard InChI is InChI=1S/C8H8BrF3N2/c1-14-7-3-5(9)4(2-6(7)13)8(10,11)12/h2-3,14H,13H2,1H3. The summed E-state index contributed by atoms with van der Waals surface area (Å²) >= 11 is 2.84. The van der Waals surface area contributed by atoms with Gasteiger partial charge in [-0.15, -0.1) is 0 Å². The Kier molecular flexibility index (Phi) is 2.94. The topological polar surface area (TPSA) is 38.0 Å². The van der Waals surface area contributed by atoms with Crippen molar-refractivity contribution >= 4 is 27.3 Å². The molecular weight excluding hydrogens is 261 g/mol. The molecular formula is C8H8BrF3N2. The Balaban J connectivity index is 3.29. The van der Waals surface area contributed by atoms with Crippen LogP contribution in [-0.4, -0.2) is 7.05 Å². The van der Waals surface area contributed by atoms with Gasteiger partial charge in [0.2, 0.25) is 0 Å². The lowest BCUT2D eigenvalue weighted by atomic mass is 10.1. The number of nitrogens with two attached hydrogens (primary N) is 1. The fraction of sp³-hybridized carbons (Fsp3) is 0.250. The Hall–Kier alpha value is -0.910. The van der Waals surface area contributed by atoms with Crippen LogP contribution in [0.3, 0.4) is 0 Å². The van der Waals surface area contributed by atoms with E-state index < -0.39 is 11.7 Å². The first-order chi connectivity index (χ1) is 6.36. The predicted molar refractivity (Wildman–Crippen MR) is 53.1 cm³/mol. The van der Waals surface area contributed by atoms with Gasteiger partial charge in [-0.05, 0) is 12.1 Å². The molecule has 0 atom stereocenters. The first-order valence-electron chi connectivity index (χ1n) is 3.70. The molecule has 0 amide bonds. The van der Waals surface area contributed by atoms with E-state index in [4.69, 9.17) is 5.73 Å². The number of nitrogens with one attached hydrogen (secondary N) is 1. The number of hydrogen-bond donors (Lipinski definition) is 2. The smallest absolute Gasteiger partial charge is 0.397 e. The van der Waals surface area contributed by atoms with E-state index in [1.807, 2.05) is 0 Å². The zero-order valence-corrected chi connectivity index (χ0v) is 8.83. The largest absolute Gasteiger partial charge is 0.417 e. The van der Waals surface area contributed by atoms with Crippen molar-refractivity contribution in [2.24, 2.45) is 0 Å². The van der Waals surface area contributed by atoms with Crippen LogP contribution in [0.2, 0.25) is 0 Å². The number of anilines is 2. The summed E-state index contributed by atoms with van der Waals surface area (Å²) in [6, 6.07) is 2.20. The molecule has 0 fully saturated rings. The lowest BCUT2D eigenvalue weighted by Crippen LogP contribution is -2.08. The third-order valence-corrected chi connectivity index (χ3v) is 2.37. The minimum Gasteiger partial charge on any atom is -0.397 e. The molecule has 1 aromatic rings. The highest BCUT2D eigenvalue weighted by Gasteiger charge is 2.33. The van der Waals surface area contributed by atoms with E-state index in [-0.39, 0.29) is 10.2 Å². The fourth-order valence-electron chi connectivity index (χ4n) is 1.02. The normalized spacial score (nSPS) is 11.5. The Morgan fingerprint density at radius 1 is 1.36 bits per heavy atom. The quantitative estimate of drug-likeness (QED) is 0.769. The molecule has 0 unspecified atom stereocenters. The van der Waals surface area contributed by atoms with Crippen LogP contribution in [0.4, 0.5) is 24.5 Å². The molecule has 0 aliphatic rings. The molecule has 0 radical (unpaired) electrons. The first-order valence-corrected chi connectivity index (χ1v) is 4.49. The van der Waals surface area contributed by atoms with Crippen molar-refractivity contribution < 1.29 is 13.2 Å². The maximum absolute atomic E-state index is 12.4. The first kappa shape index (κ1) is 11.2. The van der Waals surface area contributed by atoms with Crippen molar-refractivity contribution in [1.29, 1.82) is 0 Å². The van der Waals surface area contributed by atoms with Gasteiger partial charge >= 0.3 is 6.18 Å². The molecule has 1 aromatic carbocycles. The predicted octanol–water partition coefficient (Wildman–Crippen LogP) is 3.09. The van der Waals surface area contributed by atoms with Crippen LogP contribution in [0.25, 0.3) is 0 Å². The van der Waals surface area contributed by atoms with Crippen LogP contribution >= 0.6 is 15.9 Å². The summed E-state index contributed by atoms with van der Waals surface area (Å²) < 4.78 is 37.1. The second-order valence-corrected chi connectivity index (χ2v) is 3.52. The molecule has 0 bridgehead atoms. The van der Waals surface area contributed by atoms with Crippen LogP contribution in [0, 0.1) is 0 Å². The molecule has 0 saturated carbocycles. The average molecular weight is 269 g/mol. The monoisotopic (exact) mass is 268 g/mol. The highest BCUT2D eigenvalue weighted by Crippen LogP contribution is 2.38. The minimum atomic E-state index is -4.39. The van der Waals surface area contributed by atoms with E-state index in [0.29, 0.717) is 5.69 Å². The second kappa shape index (κ2) is 3.68. The second-order valence-electron chi connectivity index (χ2n) is 2.67. The fourth-order valence-corrected chi connectivity index (χ4v) is 1.59. The number of alkyl halides is 3. The number of rotatable bonds is 1. The summed E-state index contributed by atoms with van der Waals surface area (Å²) in [5.74, 6) is 0. The summed E-state index contributed by atoms with van der Waals surface area (Å²) in [5, 5.41) is 2.69. The van der Waals surface area contributed by atoms with Gasteiger partial charge in [-0.2, -0.15) is 13.2 Å². The van der Waals surface area contributed by atoms with Crippen molar-refractivity contribution in [3.8, 4) is 0 Å². The summed E-state index contributed by atoms with van der Waals surface area (Å²) in [5.41, 5.74) is 5.18. The number of halogens is 4. The van der Waals surface area contributed by atoms with E-state index in [2.05, 4.69) is 21.2 Å². The molecule has 78 valence electrons. The number of hydrogen-bond acceptors (Lipinski definition) is 2. The number of benzene rings is 1. The third kappa shape index (κ3) is 2.12. The van der Waals surface area contributed by atoms with E-state index in [9.17, 15) is 13.2 Å². The van der Waals surface area contributed by atoms with Crippen molar-refractivity contribution in [2.45, 2.75) is 6.18 Å². The molecule has 0 aliphatic heterocycles. The molecule has 0 heterocycles. The molecule has 3 N–H and O–H groups in total. The lowest BCUT2D eigenvalue weighted by Gasteiger charge is -2.12. The van der Waals surface area contributed by atoms with Gasteiger partial charge in [0.1, 0.15) is 0 Å². The molecule has 0 saturated heterocycles. The van der Waals surface area contributed by atoms with E-state index >= 15 is 0 Å². The van der Waals surface area contributed by atoms with Crippen molar-refractivity contribution in [3.63, 3.8) is 0 Å². The van der Waals surface area contributed by atoms with Gasteiger partial charge < -0.3 is 11.1 Å². The van der Waals surface area contributed by atoms with Crippen LogP contribution < -0.4 is 11.1 Å². The van der Waals surface area contributed by atoms with Crippen molar-refractivity contribution in [2.75, 3.05) is 18.1 Å². The Morgan fingerprint density at radius 2 is 1.93 bits per heavy atom. The molecule has 0 aliphatic carbocycles. The molecule has 6 heteroatoms. The zero-order valence-electron chi connectivity index (χ0n) is 7.24. The summed E-state index contributed by atoms with van der Waals surface area (Å²) in [7, 11) is 1.59. The van der Waals surface area contributed by atoms with Crippen LogP contribution in [0.15, 0.2) is 16.6 Å². The minimum absolute atomic E-state index is 0.0245. The van der Waals surface area contributed by atoms with Gasteiger partial charge in [0.05, 0.1) is 16.9 Å². The SMILES string of the molecule is CNc1cc(Br)c(C(F)(F)F)cc1N. The van der Waals surface area contributed by atoms with Gasteiger partial charge in [-0.1, -0.05) is 15.9 Å². The van der Waals surface area contributed by atoms with Crippen molar-refractivity contribution in [3.05, 3.63) is 22.2 Å². The van der Waals surface area contributed by atoms with Gasteiger partial charge in [-0.3, -0.25) is 0 Å². The molecule has 0 spiro atoms. The average Bonchev–Trinajstić information content (AvgIpc) is 2.06. The van der Waals surface area contributed by atoms with Crippen LogP contribution in [0.1, 0.15) is 5.56 Å². The summed E-state index contributed by atoms with van der Waals surface area (Å²) in [6.07, 6.45) is -4.39. The lowest BCUT2D eigenvalue weighted by molar-refractivity contribution is -0.138. The molecule has 0 aromatic heterocycles. The highest BCUT2D eigenvalue weighted by atomic mass is 79.9. The molecule has 1 rings (SSSR count). The third-order valence-electron chi connectivity index (χ3n) is 1.71. The van der Waals surface area contributed by atoms with Gasteiger partial charge in [0, 0.05) is 11.5 Å². The van der Waals surface area contributed by atoms with Gasteiger partial charge in [-0.25, -0.2) is 0 Å². The van der Waals surface area contributed by atoms with E-state index in [0.717, 1.165) is 6.07 Å². The highest BCUT2D eigenvalue weighted by molar-refractivity contribution is 9.10. The maximum Gasteiger partial charge on any atom is 0.417 e. The number of nitrogen functional groups attached to an aromatic ring is 1. The summed E-state index contributed by atoms with van der Waals surface area (Å²) in [4.78, 5) is 0. The van der Waals surface area contributed by atoms with E-state index in [1.54, 1.807) is 7.05 Å². The van der Waals surface area contributed by atoms with Crippen LogP contribution in [0.5, 0.6) is 0 Å². The maximum atomic E-state index is 12.4. The Bertz CT molecular complexity index is 349. The van der Waals surface area contributed by atoms with Crippen LogP contribution in [-0.2, 0) is 6.18 Å².